The molecule has 0 aromatic heterocycles. The minimum Gasteiger partial charge on any atom is -0.450 e. The lowest BCUT2D eigenvalue weighted by molar-refractivity contribution is -0.140. The quantitative estimate of drug-likeness (QED) is 0.776. The third kappa shape index (κ3) is 3.64. The second-order valence-electron chi connectivity index (χ2n) is 5.13. The van der Waals surface area contributed by atoms with Gasteiger partial charge in [-0.3, -0.25) is 4.79 Å². The van der Waals surface area contributed by atoms with Gasteiger partial charge in [0.25, 0.3) is 0 Å². The van der Waals surface area contributed by atoms with E-state index in [2.05, 4.69) is 0 Å². The Bertz CT molecular complexity index is 402. The summed E-state index contributed by atoms with van der Waals surface area (Å²) in [5, 5.41) is 0. The number of hydrogen-bond acceptors (Lipinski definition) is 4. The van der Waals surface area contributed by atoms with Crippen LogP contribution in [-0.2, 0) is 9.53 Å². The lowest BCUT2D eigenvalue weighted by atomic mass is 9.80. The molecule has 0 radical (unpaired) electrons. The van der Waals surface area contributed by atoms with E-state index in [1.807, 2.05) is 13.8 Å². The van der Waals surface area contributed by atoms with Crippen LogP contribution in [0.15, 0.2) is 0 Å². The summed E-state index contributed by atoms with van der Waals surface area (Å²) in [7, 11) is 0. The van der Waals surface area contributed by atoms with Gasteiger partial charge in [0.1, 0.15) is 0 Å². The number of carbonyl (C=O) groups excluding carboxylic acids is 2. The number of hydrogen-bond donors (Lipinski definition) is 1. The fourth-order valence-corrected chi connectivity index (χ4v) is 2.99. The van der Waals surface area contributed by atoms with E-state index in [1.54, 1.807) is 16.7 Å². The molecule has 0 atom stereocenters. The smallest absolute Gasteiger partial charge is 0.409 e. The van der Waals surface area contributed by atoms with Crippen LogP contribution >= 0.6 is 12.2 Å². The molecular weight excluding hydrogens is 290 g/mol. The third-order valence-electron chi connectivity index (χ3n) is 4.18. The zero-order valence-corrected chi connectivity index (χ0v) is 13.9. The van der Waals surface area contributed by atoms with Gasteiger partial charge in [-0.1, -0.05) is 26.1 Å². The maximum Gasteiger partial charge on any atom is 0.409 e. The van der Waals surface area contributed by atoms with Crippen LogP contribution < -0.4 is 5.73 Å². The van der Waals surface area contributed by atoms with Crippen molar-refractivity contribution in [3.8, 4) is 0 Å². The molecule has 6 nitrogen and oxygen atoms in total. The van der Waals surface area contributed by atoms with Crippen molar-refractivity contribution in [3.05, 3.63) is 0 Å². The highest BCUT2D eigenvalue weighted by Crippen LogP contribution is 2.30. The molecule has 0 aromatic carbocycles. The van der Waals surface area contributed by atoms with E-state index >= 15 is 0 Å². The van der Waals surface area contributed by atoms with Crippen LogP contribution in [0.25, 0.3) is 0 Å². The number of amides is 2. The maximum absolute atomic E-state index is 12.7. The summed E-state index contributed by atoms with van der Waals surface area (Å²) in [5.74, 6) is -0.0245. The molecule has 0 spiro atoms. The monoisotopic (exact) mass is 315 g/mol. The first-order valence-electron chi connectivity index (χ1n) is 7.43. The molecule has 0 saturated carbocycles. The molecule has 21 heavy (non-hydrogen) atoms. The molecule has 1 heterocycles. The van der Waals surface area contributed by atoms with Gasteiger partial charge in [-0.25, -0.2) is 4.79 Å². The summed E-state index contributed by atoms with van der Waals surface area (Å²) in [5.41, 5.74) is 5.05. The molecule has 0 unspecified atom stereocenters. The summed E-state index contributed by atoms with van der Waals surface area (Å²) in [4.78, 5) is 28.0. The Balaban J connectivity index is 2.71. The van der Waals surface area contributed by atoms with Crippen LogP contribution in [0.5, 0.6) is 0 Å². The van der Waals surface area contributed by atoms with Gasteiger partial charge in [0.05, 0.1) is 17.0 Å². The zero-order valence-electron chi connectivity index (χ0n) is 13.1. The van der Waals surface area contributed by atoms with E-state index < -0.39 is 5.41 Å². The van der Waals surface area contributed by atoms with E-state index in [-0.39, 0.29) is 17.0 Å². The lowest BCUT2D eigenvalue weighted by Gasteiger charge is -2.39. The summed E-state index contributed by atoms with van der Waals surface area (Å²) in [6.07, 6.45) is 0.863. The molecule has 1 aliphatic heterocycles. The van der Waals surface area contributed by atoms with Gasteiger partial charge in [-0.15, -0.1) is 0 Å². The Morgan fingerprint density at radius 2 is 1.57 bits per heavy atom. The molecule has 1 rings (SSSR count). The second kappa shape index (κ2) is 7.59. The highest BCUT2D eigenvalue weighted by Gasteiger charge is 2.42. The van der Waals surface area contributed by atoms with Gasteiger partial charge in [-0.05, 0) is 19.8 Å². The van der Waals surface area contributed by atoms with Crippen molar-refractivity contribution in [2.45, 2.75) is 33.6 Å². The Hall–Kier alpha value is -1.37. The molecule has 0 aromatic rings. The fourth-order valence-electron chi connectivity index (χ4n) is 2.62. The number of nitrogens with zero attached hydrogens (tertiary/aromatic N) is 2. The predicted molar refractivity (Wildman–Crippen MR) is 85.0 cm³/mol. The van der Waals surface area contributed by atoms with E-state index in [0.29, 0.717) is 45.6 Å². The molecule has 0 aliphatic carbocycles. The number of piperazine rings is 1. The fraction of sp³-hybridized carbons (Fsp3) is 0.786. The molecule has 2 N–H and O–H groups in total. The average molecular weight is 315 g/mol. The van der Waals surface area contributed by atoms with Crippen molar-refractivity contribution >= 4 is 29.2 Å². The number of nitrogens with two attached hydrogens (primary N) is 1. The Morgan fingerprint density at radius 1 is 1.10 bits per heavy atom. The minimum atomic E-state index is -0.762. The Labute approximate surface area is 131 Å². The van der Waals surface area contributed by atoms with Crippen LogP contribution in [0.3, 0.4) is 0 Å². The van der Waals surface area contributed by atoms with Crippen molar-refractivity contribution in [3.63, 3.8) is 0 Å². The predicted octanol–water partition coefficient (Wildman–Crippen LogP) is 1.38. The standard InChI is InChI=1S/C14H25N3O3S/c1-4-14(5-2,11(15)21)12(18)16-7-9-17(10-8-16)13(19)20-6-3/h4-10H2,1-3H3,(H2,15,21). The number of rotatable bonds is 5. The average Bonchev–Trinajstić information content (AvgIpc) is 2.49. The number of carbonyl (C=O) groups is 2. The Morgan fingerprint density at radius 3 is 1.95 bits per heavy atom. The molecule has 7 heteroatoms. The SMILES string of the molecule is CCOC(=O)N1CCN(C(=O)C(CC)(CC)C(N)=S)CC1. The normalized spacial score (nSPS) is 15.8. The van der Waals surface area contributed by atoms with Crippen LogP contribution in [0.4, 0.5) is 4.79 Å². The summed E-state index contributed by atoms with van der Waals surface area (Å²) in [6, 6.07) is 0. The molecular formula is C14H25N3O3S. The first-order valence-corrected chi connectivity index (χ1v) is 7.84. The van der Waals surface area contributed by atoms with E-state index in [4.69, 9.17) is 22.7 Å². The number of thiocarbonyl (C=S) groups is 1. The molecule has 1 fully saturated rings. The van der Waals surface area contributed by atoms with E-state index in [1.165, 1.54) is 0 Å². The molecule has 1 saturated heterocycles. The Kier molecular flexibility index (Phi) is 6.39. The van der Waals surface area contributed by atoms with Gasteiger partial charge in [-0.2, -0.15) is 0 Å². The maximum atomic E-state index is 12.7. The second-order valence-corrected chi connectivity index (χ2v) is 5.57. The van der Waals surface area contributed by atoms with Gasteiger partial charge >= 0.3 is 6.09 Å². The van der Waals surface area contributed by atoms with Crippen LogP contribution in [-0.4, -0.2) is 59.6 Å². The van der Waals surface area contributed by atoms with Crippen LogP contribution in [0.2, 0.25) is 0 Å². The number of ether oxygens (including phenoxy) is 1. The van der Waals surface area contributed by atoms with Crippen LogP contribution in [0, 0.1) is 5.41 Å². The van der Waals surface area contributed by atoms with Crippen molar-refractivity contribution < 1.29 is 14.3 Å². The zero-order chi connectivity index (χ0) is 16.0. The highest BCUT2D eigenvalue weighted by molar-refractivity contribution is 7.80. The van der Waals surface area contributed by atoms with Gasteiger partial charge in [0.2, 0.25) is 5.91 Å². The molecule has 0 bridgehead atoms. The van der Waals surface area contributed by atoms with E-state index in [0.717, 1.165) is 0 Å². The topological polar surface area (TPSA) is 75.9 Å². The minimum absolute atomic E-state index is 0.0245. The summed E-state index contributed by atoms with van der Waals surface area (Å²) >= 11 is 5.12. The van der Waals surface area contributed by atoms with Crippen molar-refractivity contribution in [1.29, 1.82) is 0 Å². The first-order chi connectivity index (χ1) is 9.92. The van der Waals surface area contributed by atoms with Crippen LogP contribution in [0.1, 0.15) is 33.6 Å². The molecule has 120 valence electrons. The van der Waals surface area contributed by atoms with E-state index in [9.17, 15) is 9.59 Å². The molecule has 1 aliphatic rings. The highest BCUT2D eigenvalue weighted by atomic mass is 32.1. The van der Waals surface area contributed by atoms with Crippen molar-refractivity contribution in [2.75, 3.05) is 32.8 Å². The first kappa shape index (κ1) is 17.7. The summed E-state index contributed by atoms with van der Waals surface area (Å²) < 4.78 is 4.97. The van der Waals surface area contributed by atoms with Gasteiger partial charge < -0.3 is 20.3 Å². The lowest BCUT2D eigenvalue weighted by Crippen LogP contribution is -2.56. The third-order valence-corrected chi connectivity index (χ3v) is 4.57. The van der Waals surface area contributed by atoms with Gasteiger partial charge in [0, 0.05) is 26.2 Å². The largest absolute Gasteiger partial charge is 0.450 e. The summed E-state index contributed by atoms with van der Waals surface area (Å²) in [6.45, 7) is 7.91. The molecule has 2 amide bonds. The van der Waals surface area contributed by atoms with Crippen molar-refractivity contribution in [1.82, 2.24) is 9.80 Å². The van der Waals surface area contributed by atoms with Gasteiger partial charge in [0.15, 0.2) is 0 Å². The van der Waals surface area contributed by atoms with Crippen molar-refractivity contribution in [2.24, 2.45) is 11.1 Å².